The van der Waals surface area contributed by atoms with E-state index in [-0.39, 0.29) is 5.41 Å². The Morgan fingerprint density at radius 2 is 1.82 bits per heavy atom. The van der Waals surface area contributed by atoms with Crippen LogP contribution in [0.25, 0.3) is 10.2 Å². The summed E-state index contributed by atoms with van der Waals surface area (Å²) in [5, 5.41) is 1.06. The van der Waals surface area contributed by atoms with Gasteiger partial charge < -0.3 is 9.80 Å². The molecule has 2 aliphatic rings. The van der Waals surface area contributed by atoms with Crippen molar-refractivity contribution in [2.45, 2.75) is 25.7 Å². The molecule has 0 unspecified atom stereocenters. The van der Waals surface area contributed by atoms with Crippen molar-refractivity contribution in [1.82, 2.24) is 9.88 Å². The van der Waals surface area contributed by atoms with Gasteiger partial charge in [0.05, 0.1) is 15.6 Å². The van der Waals surface area contributed by atoms with Crippen LogP contribution in [-0.2, 0) is 11.2 Å². The van der Waals surface area contributed by atoms with Crippen molar-refractivity contribution in [2.75, 3.05) is 31.1 Å². The van der Waals surface area contributed by atoms with Gasteiger partial charge in [0.25, 0.3) is 0 Å². The highest BCUT2D eigenvalue weighted by Gasteiger charge is 2.48. The summed E-state index contributed by atoms with van der Waals surface area (Å²) in [5.74, 6) is 0.360. The minimum Gasteiger partial charge on any atom is -0.347 e. The van der Waals surface area contributed by atoms with Crippen molar-refractivity contribution >= 4 is 32.6 Å². The zero-order chi connectivity index (χ0) is 19.0. The third-order valence-electron chi connectivity index (χ3n) is 6.24. The standard InChI is InChI=1S/C23H25N3OS/c27-21-23(12-6-14-25(21)15-11-18-7-2-1-3-8-18)13-16-26(17-23)22-24-19-9-4-5-10-20(19)28-22/h1-5,7-10H,6,11-17H2/t23-/m1/s1. The van der Waals surface area contributed by atoms with Crippen LogP contribution in [0.15, 0.2) is 54.6 Å². The quantitative estimate of drug-likeness (QED) is 0.663. The molecule has 5 rings (SSSR count). The number of likely N-dealkylation sites (tertiary alicyclic amines) is 1. The molecule has 1 atom stereocenters. The van der Waals surface area contributed by atoms with Gasteiger partial charge in [-0.05, 0) is 43.4 Å². The molecule has 2 saturated heterocycles. The summed E-state index contributed by atoms with van der Waals surface area (Å²) in [7, 11) is 0. The van der Waals surface area contributed by atoms with Crippen molar-refractivity contribution in [1.29, 1.82) is 0 Å². The van der Waals surface area contributed by atoms with Crippen LogP contribution in [0.1, 0.15) is 24.8 Å². The molecule has 5 heteroatoms. The number of amides is 1. The normalized spacial score (nSPS) is 22.5. The molecule has 0 radical (unpaired) electrons. The summed E-state index contributed by atoms with van der Waals surface area (Å²) >= 11 is 1.74. The fraction of sp³-hybridized carbons (Fsp3) is 0.391. The maximum absolute atomic E-state index is 13.4. The fourth-order valence-corrected chi connectivity index (χ4v) is 5.67. The predicted molar refractivity (Wildman–Crippen MR) is 115 cm³/mol. The third kappa shape index (κ3) is 3.18. The van der Waals surface area contributed by atoms with E-state index in [2.05, 4.69) is 52.3 Å². The molecular weight excluding hydrogens is 366 g/mol. The van der Waals surface area contributed by atoms with Crippen LogP contribution in [0.4, 0.5) is 5.13 Å². The summed E-state index contributed by atoms with van der Waals surface area (Å²) in [6.45, 7) is 3.46. The Bertz CT molecular complexity index is 953. The fourth-order valence-electron chi connectivity index (χ4n) is 4.68. The summed E-state index contributed by atoms with van der Waals surface area (Å²) < 4.78 is 1.22. The van der Waals surface area contributed by atoms with E-state index in [4.69, 9.17) is 4.98 Å². The van der Waals surface area contributed by atoms with Crippen molar-refractivity contribution < 1.29 is 4.79 Å². The number of anilines is 1. The number of nitrogens with zero attached hydrogens (tertiary/aromatic N) is 3. The van der Waals surface area contributed by atoms with E-state index in [1.54, 1.807) is 11.3 Å². The van der Waals surface area contributed by atoms with E-state index in [0.29, 0.717) is 5.91 Å². The Morgan fingerprint density at radius 1 is 1.00 bits per heavy atom. The number of thiazole rings is 1. The molecule has 0 bridgehead atoms. The van der Waals surface area contributed by atoms with Crippen LogP contribution in [-0.4, -0.2) is 42.0 Å². The van der Waals surface area contributed by atoms with Gasteiger partial charge in [-0.2, -0.15) is 0 Å². The molecule has 2 aliphatic heterocycles. The molecule has 2 fully saturated rings. The van der Waals surface area contributed by atoms with Crippen molar-refractivity contribution in [2.24, 2.45) is 5.41 Å². The van der Waals surface area contributed by atoms with E-state index in [0.717, 1.165) is 62.5 Å². The molecule has 1 spiro atoms. The van der Waals surface area contributed by atoms with Gasteiger partial charge in [0.1, 0.15) is 0 Å². The van der Waals surface area contributed by atoms with Gasteiger partial charge in [-0.1, -0.05) is 53.8 Å². The van der Waals surface area contributed by atoms with Crippen LogP contribution in [0.3, 0.4) is 0 Å². The van der Waals surface area contributed by atoms with Gasteiger partial charge >= 0.3 is 0 Å². The summed E-state index contributed by atoms with van der Waals surface area (Å²) in [6, 6.07) is 18.8. The van der Waals surface area contributed by atoms with E-state index in [1.807, 2.05) is 12.1 Å². The SMILES string of the molecule is O=C1N(CCc2ccccc2)CCC[C@]12CCN(c1nc3ccccc3s1)C2. The van der Waals surface area contributed by atoms with Gasteiger partial charge in [-0.3, -0.25) is 4.79 Å². The molecule has 1 aromatic heterocycles. The number of piperidine rings is 1. The Morgan fingerprint density at radius 3 is 2.68 bits per heavy atom. The number of hydrogen-bond acceptors (Lipinski definition) is 4. The number of carbonyl (C=O) groups excluding carboxylic acids is 1. The number of para-hydroxylation sites is 1. The maximum Gasteiger partial charge on any atom is 0.230 e. The van der Waals surface area contributed by atoms with Gasteiger partial charge in [-0.15, -0.1) is 0 Å². The molecule has 4 nitrogen and oxygen atoms in total. The van der Waals surface area contributed by atoms with Gasteiger partial charge in [0, 0.05) is 26.2 Å². The summed E-state index contributed by atoms with van der Waals surface area (Å²) in [4.78, 5) is 22.7. The summed E-state index contributed by atoms with van der Waals surface area (Å²) in [5.41, 5.74) is 2.15. The zero-order valence-electron chi connectivity index (χ0n) is 16.0. The number of hydrogen-bond donors (Lipinski definition) is 0. The lowest BCUT2D eigenvalue weighted by molar-refractivity contribution is -0.144. The second-order valence-electron chi connectivity index (χ2n) is 8.05. The van der Waals surface area contributed by atoms with Crippen LogP contribution in [0.2, 0.25) is 0 Å². The van der Waals surface area contributed by atoms with E-state index >= 15 is 0 Å². The topological polar surface area (TPSA) is 36.4 Å². The lowest BCUT2D eigenvalue weighted by Crippen LogP contribution is -2.50. The van der Waals surface area contributed by atoms with Crippen molar-refractivity contribution in [3.63, 3.8) is 0 Å². The first-order valence-corrected chi connectivity index (χ1v) is 11.0. The average molecular weight is 392 g/mol. The molecule has 3 aromatic rings. The first kappa shape index (κ1) is 17.7. The Hall–Kier alpha value is -2.40. The van der Waals surface area contributed by atoms with Gasteiger partial charge in [-0.25, -0.2) is 4.98 Å². The predicted octanol–water partition coefficient (Wildman–Crippen LogP) is 4.36. The van der Waals surface area contributed by atoms with Crippen LogP contribution in [0, 0.1) is 5.41 Å². The van der Waals surface area contributed by atoms with Crippen molar-refractivity contribution in [3.8, 4) is 0 Å². The second-order valence-corrected chi connectivity index (χ2v) is 9.06. The van der Waals surface area contributed by atoms with Gasteiger partial charge in [0.15, 0.2) is 5.13 Å². The van der Waals surface area contributed by atoms with E-state index < -0.39 is 0 Å². The molecule has 0 N–H and O–H groups in total. The second kappa shape index (κ2) is 7.21. The Labute approximate surface area is 169 Å². The Kier molecular flexibility index (Phi) is 4.55. The van der Waals surface area contributed by atoms with Crippen molar-refractivity contribution in [3.05, 3.63) is 60.2 Å². The lowest BCUT2D eigenvalue weighted by Gasteiger charge is -2.39. The largest absolute Gasteiger partial charge is 0.347 e. The third-order valence-corrected chi connectivity index (χ3v) is 7.34. The highest BCUT2D eigenvalue weighted by atomic mass is 32.1. The number of benzene rings is 2. The number of aromatic nitrogens is 1. The molecule has 2 aromatic carbocycles. The molecular formula is C23H25N3OS. The highest BCUT2D eigenvalue weighted by molar-refractivity contribution is 7.22. The molecule has 1 amide bonds. The van der Waals surface area contributed by atoms with Gasteiger partial charge in [0.2, 0.25) is 5.91 Å². The number of carbonyl (C=O) groups is 1. The van der Waals surface area contributed by atoms with Crippen LogP contribution < -0.4 is 4.90 Å². The van der Waals surface area contributed by atoms with E-state index in [9.17, 15) is 4.79 Å². The highest BCUT2D eigenvalue weighted by Crippen LogP contribution is 2.43. The number of fused-ring (bicyclic) bond motifs is 1. The van der Waals surface area contributed by atoms with Crippen LogP contribution in [0.5, 0.6) is 0 Å². The summed E-state index contributed by atoms with van der Waals surface area (Å²) in [6.07, 6.45) is 4.00. The first-order valence-electron chi connectivity index (χ1n) is 10.2. The maximum atomic E-state index is 13.4. The average Bonchev–Trinajstić information content (AvgIpc) is 3.35. The lowest BCUT2D eigenvalue weighted by atomic mass is 9.78. The molecule has 28 heavy (non-hydrogen) atoms. The molecule has 144 valence electrons. The first-order chi connectivity index (χ1) is 13.7. The van der Waals surface area contributed by atoms with Crippen LogP contribution >= 0.6 is 11.3 Å². The number of rotatable bonds is 4. The molecule has 3 heterocycles. The monoisotopic (exact) mass is 391 g/mol. The molecule has 0 saturated carbocycles. The molecule has 0 aliphatic carbocycles. The smallest absolute Gasteiger partial charge is 0.230 e. The minimum absolute atomic E-state index is 0.215. The van der Waals surface area contributed by atoms with E-state index in [1.165, 1.54) is 10.3 Å². The minimum atomic E-state index is -0.215. The zero-order valence-corrected chi connectivity index (χ0v) is 16.8. The Balaban J connectivity index is 1.30.